The van der Waals surface area contributed by atoms with Crippen molar-refractivity contribution in [3.05, 3.63) is 78.6 Å². The fraction of sp³-hybridized carbons (Fsp3) is 0.346. The number of pyridine rings is 1. The number of rotatable bonds is 14. The van der Waals surface area contributed by atoms with Crippen LogP contribution in [-0.4, -0.2) is 49.7 Å². The molecule has 0 spiro atoms. The Labute approximate surface area is 212 Å². The highest BCUT2D eigenvalue weighted by Gasteiger charge is 2.26. The van der Waals surface area contributed by atoms with Gasteiger partial charge in [-0.25, -0.2) is 4.57 Å². The van der Waals surface area contributed by atoms with E-state index in [2.05, 4.69) is 10.2 Å². The van der Waals surface area contributed by atoms with Gasteiger partial charge in [0, 0.05) is 36.5 Å². The van der Waals surface area contributed by atoms with E-state index in [1.165, 1.54) is 0 Å². The Bertz CT molecular complexity index is 1120. The lowest BCUT2D eigenvalue weighted by Gasteiger charge is -2.22. The zero-order valence-corrected chi connectivity index (χ0v) is 21.6. The van der Waals surface area contributed by atoms with E-state index in [0.29, 0.717) is 43.8 Å². The maximum atomic E-state index is 12.9. The zero-order chi connectivity index (χ0) is 25.8. The van der Waals surface area contributed by atoms with Gasteiger partial charge < -0.3 is 24.2 Å². The van der Waals surface area contributed by atoms with Gasteiger partial charge in [0.2, 0.25) is 0 Å². The van der Waals surface area contributed by atoms with E-state index in [9.17, 15) is 14.8 Å². The molecule has 1 heterocycles. The van der Waals surface area contributed by atoms with Crippen LogP contribution in [0.15, 0.2) is 83.3 Å². The van der Waals surface area contributed by atoms with E-state index >= 15 is 0 Å². The molecule has 3 rings (SSSR count). The molecular formula is C26H34N4O5P+. The van der Waals surface area contributed by atoms with Crippen LogP contribution < -0.4 is 14.8 Å². The van der Waals surface area contributed by atoms with Crippen LogP contribution >= 0.6 is 7.60 Å². The number of nitrogens with zero attached hydrogens (tertiary/aromatic N) is 4. The summed E-state index contributed by atoms with van der Waals surface area (Å²) in [6.45, 7) is 5.82. The fourth-order valence-electron chi connectivity index (χ4n) is 3.60. The van der Waals surface area contributed by atoms with E-state index in [1.807, 2.05) is 70.4 Å². The second kappa shape index (κ2) is 14.0. The summed E-state index contributed by atoms with van der Waals surface area (Å²) in [5, 5.41) is 27.5. The average molecular weight is 514 g/mol. The molecule has 0 atom stereocenters. The van der Waals surface area contributed by atoms with Crippen molar-refractivity contribution in [2.45, 2.75) is 20.4 Å². The second-order valence-corrected chi connectivity index (χ2v) is 9.91. The Hall–Kier alpha value is -2.94. The molecule has 0 saturated carbocycles. The van der Waals surface area contributed by atoms with Crippen molar-refractivity contribution >= 4 is 30.0 Å². The first-order valence-electron chi connectivity index (χ1n) is 12.0. The predicted molar refractivity (Wildman–Crippen MR) is 140 cm³/mol. The minimum Gasteiger partial charge on any atom is -0.395 e. The standard InChI is InChI=1S/C26H34N4O5P/c1-3-34-36(33,35-4-2)26-11-5-22(6-12-26)21-29-15-13-24(14-16-29)28-27-23-7-9-25(10-8-23)30(17-19-31)18-20-32/h5-16,31-32H,3-4,17-21H2,1-2H3/q+1. The highest BCUT2D eigenvalue weighted by atomic mass is 31.2. The third-order valence-electron chi connectivity index (χ3n) is 5.33. The number of anilines is 1. The summed E-state index contributed by atoms with van der Waals surface area (Å²) in [4.78, 5) is 1.90. The van der Waals surface area contributed by atoms with Gasteiger partial charge in [0.1, 0.15) is 0 Å². The van der Waals surface area contributed by atoms with Crippen molar-refractivity contribution in [2.24, 2.45) is 10.2 Å². The van der Waals surface area contributed by atoms with E-state index in [-0.39, 0.29) is 13.2 Å². The number of benzene rings is 2. The summed E-state index contributed by atoms with van der Waals surface area (Å²) in [5.41, 5.74) is 3.39. The number of aliphatic hydroxyl groups is 2. The Balaban J connectivity index is 1.61. The summed E-state index contributed by atoms with van der Waals surface area (Å²) >= 11 is 0. The Morgan fingerprint density at radius 1 is 0.806 bits per heavy atom. The van der Waals surface area contributed by atoms with Gasteiger partial charge in [-0.1, -0.05) is 12.1 Å². The molecule has 10 heteroatoms. The van der Waals surface area contributed by atoms with Gasteiger partial charge in [0.15, 0.2) is 18.9 Å². The quantitative estimate of drug-likeness (QED) is 0.191. The van der Waals surface area contributed by atoms with Crippen LogP contribution in [0.3, 0.4) is 0 Å². The number of azo groups is 1. The van der Waals surface area contributed by atoms with Crippen LogP contribution in [0.4, 0.5) is 17.1 Å². The third kappa shape index (κ3) is 7.78. The maximum Gasteiger partial charge on any atom is 0.361 e. The van der Waals surface area contributed by atoms with Crippen molar-refractivity contribution in [3.63, 3.8) is 0 Å². The first-order chi connectivity index (χ1) is 17.5. The largest absolute Gasteiger partial charge is 0.395 e. The van der Waals surface area contributed by atoms with Crippen LogP contribution in [-0.2, 0) is 20.2 Å². The van der Waals surface area contributed by atoms with Crippen molar-refractivity contribution in [1.29, 1.82) is 0 Å². The molecule has 192 valence electrons. The molecule has 0 unspecified atom stereocenters. The zero-order valence-electron chi connectivity index (χ0n) is 20.7. The molecule has 3 aromatic rings. The molecule has 0 fully saturated rings. The predicted octanol–water partition coefficient (Wildman–Crippen LogP) is 4.12. The fourth-order valence-corrected chi connectivity index (χ4v) is 5.17. The molecule has 0 amide bonds. The number of hydrogen-bond acceptors (Lipinski definition) is 8. The van der Waals surface area contributed by atoms with E-state index in [0.717, 1.165) is 16.9 Å². The molecule has 0 saturated heterocycles. The lowest BCUT2D eigenvalue weighted by atomic mass is 10.2. The molecule has 0 bridgehead atoms. The summed E-state index contributed by atoms with van der Waals surface area (Å²) in [5.74, 6) is 0. The van der Waals surface area contributed by atoms with Crippen molar-refractivity contribution in [2.75, 3.05) is 44.4 Å². The lowest BCUT2D eigenvalue weighted by Crippen LogP contribution is -2.32. The molecule has 2 N–H and O–H groups in total. The highest BCUT2D eigenvalue weighted by molar-refractivity contribution is 7.62. The van der Waals surface area contributed by atoms with E-state index < -0.39 is 7.60 Å². The van der Waals surface area contributed by atoms with Crippen molar-refractivity contribution in [1.82, 2.24) is 0 Å². The normalized spacial score (nSPS) is 11.8. The van der Waals surface area contributed by atoms with Gasteiger partial charge in [-0.15, -0.1) is 0 Å². The van der Waals surface area contributed by atoms with E-state index in [4.69, 9.17) is 9.05 Å². The monoisotopic (exact) mass is 513 g/mol. The molecule has 0 aliphatic carbocycles. The molecule has 9 nitrogen and oxygen atoms in total. The summed E-state index contributed by atoms with van der Waals surface area (Å²) < 4.78 is 25.7. The summed E-state index contributed by atoms with van der Waals surface area (Å²) in [7, 11) is -3.28. The molecular weight excluding hydrogens is 479 g/mol. The second-order valence-electron chi connectivity index (χ2n) is 7.88. The van der Waals surface area contributed by atoms with E-state index in [1.54, 1.807) is 26.0 Å². The highest BCUT2D eigenvalue weighted by Crippen LogP contribution is 2.46. The number of aliphatic hydroxyl groups excluding tert-OH is 2. The van der Waals surface area contributed by atoms with Crippen LogP contribution in [0.5, 0.6) is 0 Å². The summed E-state index contributed by atoms with van der Waals surface area (Å²) in [6, 6.07) is 18.7. The number of hydrogen-bond donors (Lipinski definition) is 2. The van der Waals surface area contributed by atoms with Crippen LogP contribution in [0.2, 0.25) is 0 Å². The van der Waals surface area contributed by atoms with Gasteiger partial charge >= 0.3 is 7.60 Å². The molecule has 0 radical (unpaired) electrons. The Kier molecular flexibility index (Phi) is 10.7. The minimum atomic E-state index is -3.28. The minimum absolute atomic E-state index is 0.0185. The molecule has 0 aliphatic heterocycles. The van der Waals surface area contributed by atoms with Gasteiger partial charge in [-0.2, -0.15) is 10.2 Å². The topological polar surface area (TPSA) is 108 Å². The van der Waals surface area contributed by atoms with Gasteiger partial charge in [-0.05, 0) is 50.2 Å². The SMILES string of the molecule is CCOP(=O)(OCC)c1ccc(C[n+]2ccc(/N=N/c3ccc(N(CCO)CCO)cc3)cc2)cc1. The van der Waals surface area contributed by atoms with Crippen LogP contribution in [0, 0.1) is 0 Å². The Morgan fingerprint density at radius 2 is 1.33 bits per heavy atom. The molecule has 2 aromatic carbocycles. The van der Waals surface area contributed by atoms with Crippen LogP contribution in [0.25, 0.3) is 0 Å². The first kappa shape index (κ1) is 27.6. The first-order valence-corrected chi connectivity index (χ1v) is 13.5. The molecule has 1 aromatic heterocycles. The van der Waals surface area contributed by atoms with Crippen molar-refractivity contribution < 1.29 is 28.4 Å². The smallest absolute Gasteiger partial charge is 0.361 e. The Morgan fingerprint density at radius 3 is 1.83 bits per heavy atom. The third-order valence-corrected chi connectivity index (χ3v) is 7.45. The van der Waals surface area contributed by atoms with Gasteiger partial charge in [-0.3, -0.25) is 4.57 Å². The summed E-state index contributed by atoms with van der Waals surface area (Å²) in [6.07, 6.45) is 3.86. The average Bonchev–Trinajstić information content (AvgIpc) is 2.89. The van der Waals surface area contributed by atoms with Gasteiger partial charge in [0.05, 0.1) is 43.1 Å². The lowest BCUT2D eigenvalue weighted by molar-refractivity contribution is -0.688. The van der Waals surface area contributed by atoms with Gasteiger partial charge in [0.25, 0.3) is 0 Å². The number of aromatic nitrogens is 1. The van der Waals surface area contributed by atoms with Crippen LogP contribution in [0.1, 0.15) is 19.4 Å². The van der Waals surface area contributed by atoms with Crippen molar-refractivity contribution in [3.8, 4) is 0 Å². The molecule has 0 aliphatic rings. The maximum absolute atomic E-state index is 12.9. The molecule has 36 heavy (non-hydrogen) atoms.